The van der Waals surface area contributed by atoms with Crippen LogP contribution >= 0.6 is 0 Å². The second-order valence-corrected chi connectivity index (χ2v) is 10.3. The summed E-state index contributed by atoms with van der Waals surface area (Å²) in [5.41, 5.74) is 0.509. The minimum absolute atomic E-state index is 0.0479. The van der Waals surface area contributed by atoms with Crippen molar-refractivity contribution in [3.63, 3.8) is 0 Å². The largest absolute Gasteiger partial charge is 0.406 e. The second-order valence-electron chi connectivity index (χ2n) is 8.41. The molecule has 3 aromatic rings. The standard InChI is InChI=1S/C24H28N2O4S/c1-6-20(18-13-9-7-10-14-18)23(27)30-22-21(17(2)25-26(22)24(3,4)5)31(28,29)19-15-11-8-12-16-19/h7-16,20H,6H2,1-5H3/t20-/m1/s1. The minimum Gasteiger partial charge on any atom is -0.406 e. The fourth-order valence-electron chi connectivity index (χ4n) is 3.45. The van der Waals surface area contributed by atoms with Crippen LogP contribution in [-0.2, 0) is 20.2 Å². The fraction of sp³-hybridized carbons (Fsp3) is 0.333. The third-order valence-electron chi connectivity index (χ3n) is 5.01. The highest BCUT2D eigenvalue weighted by Gasteiger charge is 2.35. The molecule has 3 rings (SSSR count). The van der Waals surface area contributed by atoms with Crippen molar-refractivity contribution in [2.75, 3.05) is 0 Å². The van der Waals surface area contributed by atoms with E-state index in [-0.39, 0.29) is 21.4 Å². The number of hydrogen-bond donors (Lipinski definition) is 0. The Labute approximate surface area is 183 Å². The summed E-state index contributed by atoms with van der Waals surface area (Å²) in [5.74, 6) is -1.08. The number of hydrogen-bond acceptors (Lipinski definition) is 5. The molecule has 1 atom stereocenters. The number of ether oxygens (including phenoxy) is 1. The molecular weight excluding hydrogens is 412 g/mol. The van der Waals surface area contributed by atoms with E-state index in [0.29, 0.717) is 6.42 Å². The number of carbonyl (C=O) groups is 1. The first-order chi connectivity index (χ1) is 14.6. The van der Waals surface area contributed by atoms with Gasteiger partial charge in [0.25, 0.3) is 0 Å². The van der Waals surface area contributed by atoms with Crippen LogP contribution < -0.4 is 4.74 Å². The Kier molecular flexibility index (Phi) is 6.36. The topological polar surface area (TPSA) is 78.3 Å². The molecule has 0 saturated heterocycles. The van der Waals surface area contributed by atoms with Gasteiger partial charge in [0.2, 0.25) is 15.7 Å². The summed E-state index contributed by atoms with van der Waals surface area (Å²) in [5, 5.41) is 4.44. The first-order valence-electron chi connectivity index (χ1n) is 10.2. The van der Waals surface area contributed by atoms with Crippen molar-refractivity contribution in [2.24, 2.45) is 0 Å². The third kappa shape index (κ3) is 4.56. The van der Waals surface area contributed by atoms with Gasteiger partial charge in [-0.15, -0.1) is 0 Å². The van der Waals surface area contributed by atoms with Gasteiger partial charge in [-0.1, -0.05) is 55.5 Å². The van der Waals surface area contributed by atoms with Crippen molar-refractivity contribution in [1.29, 1.82) is 0 Å². The van der Waals surface area contributed by atoms with Crippen LogP contribution in [0.4, 0.5) is 0 Å². The molecule has 0 bridgehead atoms. The molecule has 0 saturated carbocycles. The fourth-order valence-corrected chi connectivity index (χ4v) is 4.99. The SMILES string of the molecule is CC[C@@H](C(=O)Oc1c(S(=O)(=O)c2ccccc2)c(C)nn1C(C)(C)C)c1ccccc1. The van der Waals surface area contributed by atoms with Crippen molar-refractivity contribution in [2.45, 2.75) is 62.3 Å². The smallest absolute Gasteiger partial charge is 0.320 e. The lowest BCUT2D eigenvalue weighted by Crippen LogP contribution is -2.27. The molecule has 0 aliphatic rings. The Morgan fingerprint density at radius 3 is 2.10 bits per heavy atom. The summed E-state index contributed by atoms with van der Waals surface area (Å²) in [6.45, 7) is 9.15. The van der Waals surface area contributed by atoms with Gasteiger partial charge in [-0.3, -0.25) is 4.79 Å². The number of aromatic nitrogens is 2. The molecule has 0 aliphatic heterocycles. The lowest BCUT2D eigenvalue weighted by Gasteiger charge is -2.23. The zero-order chi connectivity index (χ0) is 22.8. The predicted octanol–water partition coefficient (Wildman–Crippen LogP) is 4.88. The van der Waals surface area contributed by atoms with Gasteiger partial charge in [0.15, 0.2) is 4.90 Å². The van der Waals surface area contributed by atoms with Gasteiger partial charge in [-0.2, -0.15) is 5.10 Å². The number of carbonyl (C=O) groups excluding carboxylic acids is 1. The molecule has 0 unspecified atom stereocenters. The van der Waals surface area contributed by atoms with Crippen LogP contribution in [0.5, 0.6) is 5.88 Å². The maximum Gasteiger partial charge on any atom is 0.320 e. The van der Waals surface area contributed by atoms with Crippen molar-refractivity contribution < 1.29 is 17.9 Å². The highest BCUT2D eigenvalue weighted by Crippen LogP contribution is 2.37. The van der Waals surface area contributed by atoms with E-state index in [1.807, 2.05) is 58.0 Å². The van der Waals surface area contributed by atoms with Crippen molar-refractivity contribution >= 4 is 15.8 Å². The Morgan fingerprint density at radius 1 is 1.03 bits per heavy atom. The summed E-state index contributed by atoms with van der Waals surface area (Å²) >= 11 is 0. The molecule has 0 radical (unpaired) electrons. The molecule has 0 aliphatic carbocycles. The normalized spacial score (nSPS) is 13.1. The zero-order valence-electron chi connectivity index (χ0n) is 18.5. The maximum absolute atomic E-state index is 13.5. The van der Waals surface area contributed by atoms with Crippen LogP contribution in [0.3, 0.4) is 0 Å². The zero-order valence-corrected chi connectivity index (χ0v) is 19.3. The Hall–Kier alpha value is -2.93. The Morgan fingerprint density at radius 2 is 1.58 bits per heavy atom. The van der Waals surface area contributed by atoms with Crippen LogP contribution in [0.1, 0.15) is 51.3 Å². The molecule has 7 heteroatoms. The molecule has 0 spiro atoms. The summed E-state index contributed by atoms with van der Waals surface area (Å²) < 4.78 is 34.2. The minimum atomic E-state index is -3.94. The van der Waals surface area contributed by atoms with Gasteiger partial charge < -0.3 is 4.74 Å². The van der Waals surface area contributed by atoms with Crippen LogP contribution in [0, 0.1) is 6.92 Å². The Balaban J connectivity index is 2.14. The number of aryl methyl sites for hydroxylation is 1. The van der Waals surface area contributed by atoms with Gasteiger partial charge in [-0.25, -0.2) is 13.1 Å². The summed E-state index contributed by atoms with van der Waals surface area (Å²) in [6.07, 6.45) is 0.520. The average Bonchev–Trinajstić information content (AvgIpc) is 3.07. The van der Waals surface area contributed by atoms with E-state index in [2.05, 4.69) is 5.10 Å². The number of benzene rings is 2. The van der Waals surface area contributed by atoms with E-state index >= 15 is 0 Å². The third-order valence-corrected chi connectivity index (χ3v) is 6.92. The van der Waals surface area contributed by atoms with E-state index in [0.717, 1.165) is 5.56 Å². The molecule has 0 amide bonds. The molecule has 0 fully saturated rings. The van der Waals surface area contributed by atoms with Crippen LogP contribution in [0.15, 0.2) is 70.5 Å². The van der Waals surface area contributed by atoms with Gasteiger partial charge in [0.05, 0.1) is 22.0 Å². The molecule has 1 aromatic heterocycles. The van der Waals surface area contributed by atoms with Crippen LogP contribution in [-0.4, -0.2) is 24.2 Å². The number of rotatable bonds is 6. The van der Waals surface area contributed by atoms with Crippen molar-refractivity contribution in [3.05, 3.63) is 71.9 Å². The second kappa shape index (κ2) is 8.67. The van der Waals surface area contributed by atoms with Gasteiger partial charge in [0.1, 0.15) is 0 Å². The van der Waals surface area contributed by atoms with E-state index < -0.39 is 27.3 Å². The Bertz CT molecular complexity index is 1160. The molecule has 164 valence electrons. The maximum atomic E-state index is 13.5. The van der Waals surface area contributed by atoms with E-state index in [1.165, 1.54) is 16.8 Å². The van der Waals surface area contributed by atoms with Gasteiger partial charge >= 0.3 is 5.97 Å². The first kappa shape index (κ1) is 22.7. The predicted molar refractivity (Wildman–Crippen MR) is 119 cm³/mol. The average molecular weight is 441 g/mol. The molecule has 1 heterocycles. The van der Waals surface area contributed by atoms with Crippen LogP contribution in [0.2, 0.25) is 0 Å². The summed E-state index contributed by atoms with van der Waals surface area (Å²) in [6, 6.07) is 17.4. The molecular formula is C24H28N2O4S. The number of sulfone groups is 1. The molecule has 2 aromatic carbocycles. The molecule has 6 nitrogen and oxygen atoms in total. The highest BCUT2D eigenvalue weighted by molar-refractivity contribution is 7.91. The summed E-state index contributed by atoms with van der Waals surface area (Å²) in [7, 11) is -3.94. The lowest BCUT2D eigenvalue weighted by molar-refractivity contribution is -0.137. The van der Waals surface area contributed by atoms with Crippen LogP contribution in [0.25, 0.3) is 0 Å². The number of esters is 1. The first-order valence-corrected chi connectivity index (χ1v) is 11.7. The quantitative estimate of drug-likeness (QED) is 0.511. The molecule has 0 N–H and O–H groups in total. The van der Waals surface area contributed by atoms with Gasteiger partial charge in [0, 0.05) is 0 Å². The lowest BCUT2D eigenvalue weighted by atomic mass is 9.97. The van der Waals surface area contributed by atoms with E-state index in [4.69, 9.17) is 4.74 Å². The van der Waals surface area contributed by atoms with E-state index in [9.17, 15) is 13.2 Å². The van der Waals surface area contributed by atoms with Gasteiger partial charge in [-0.05, 0) is 51.8 Å². The number of nitrogens with zero attached hydrogens (tertiary/aromatic N) is 2. The van der Waals surface area contributed by atoms with E-state index in [1.54, 1.807) is 25.1 Å². The molecule has 31 heavy (non-hydrogen) atoms. The summed E-state index contributed by atoms with van der Waals surface area (Å²) in [4.78, 5) is 13.2. The monoisotopic (exact) mass is 440 g/mol. The van der Waals surface area contributed by atoms with Crippen molar-refractivity contribution in [1.82, 2.24) is 9.78 Å². The van der Waals surface area contributed by atoms with Crippen molar-refractivity contribution in [3.8, 4) is 5.88 Å². The highest BCUT2D eigenvalue weighted by atomic mass is 32.2.